The average Bonchev–Trinajstić information content (AvgIpc) is 2.86. The van der Waals surface area contributed by atoms with E-state index in [4.69, 9.17) is 27.6 Å². The van der Waals surface area contributed by atoms with E-state index < -0.39 is 0 Å². The Balaban J connectivity index is 2.14. The van der Waals surface area contributed by atoms with E-state index in [0.717, 1.165) is 0 Å². The molecule has 16 heavy (non-hydrogen) atoms. The van der Waals surface area contributed by atoms with Gasteiger partial charge in [0, 0.05) is 0 Å². The molecule has 0 radical (unpaired) electrons. The van der Waals surface area contributed by atoms with Gasteiger partial charge in [0.05, 0.1) is 17.0 Å². The zero-order chi connectivity index (χ0) is 11.5. The van der Waals surface area contributed by atoms with Crippen LogP contribution in [0, 0.1) is 0 Å². The van der Waals surface area contributed by atoms with Gasteiger partial charge in [-0.25, -0.2) is 0 Å². The van der Waals surface area contributed by atoms with Crippen LogP contribution in [-0.4, -0.2) is 10.8 Å². The van der Waals surface area contributed by atoms with E-state index in [0.29, 0.717) is 16.5 Å². The molecule has 2 aromatic rings. The molecule has 82 valence electrons. The number of hydrogen-bond acceptors (Lipinski definition) is 2. The normalized spacial score (nSPS) is 11.1. The fraction of sp³-hybridized carbons (Fsp3) is 0. The summed E-state index contributed by atoms with van der Waals surface area (Å²) in [5, 5.41) is 0.591. The minimum Gasteiger partial charge on any atom is -0.465 e. The predicted molar refractivity (Wildman–Crippen MR) is 62.9 cm³/mol. The van der Waals surface area contributed by atoms with Gasteiger partial charge in [-0.2, -0.15) is 0 Å². The summed E-state index contributed by atoms with van der Waals surface area (Å²) in [6.45, 7) is 0. The van der Waals surface area contributed by atoms with Gasteiger partial charge >= 0.3 is 0 Å². The van der Waals surface area contributed by atoms with Gasteiger partial charge in [0.1, 0.15) is 10.9 Å². The fourth-order valence-corrected chi connectivity index (χ4v) is 1.48. The minimum absolute atomic E-state index is 0.217. The van der Waals surface area contributed by atoms with Gasteiger partial charge < -0.3 is 9.40 Å². The lowest BCUT2D eigenvalue weighted by molar-refractivity contribution is 0.104. The lowest BCUT2D eigenvalue weighted by Gasteiger charge is -1.88. The molecule has 0 aliphatic rings. The summed E-state index contributed by atoms with van der Waals surface area (Å²) in [5.74, 6) is 0.391. The molecule has 0 aliphatic carbocycles. The van der Waals surface area contributed by atoms with Crippen molar-refractivity contribution < 1.29 is 9.21 Å². The van der Waals surface area contributed by atoms with Crippen molar-refractivity contribution in [3.05, 3.63) is 52.2 Å². The van der Waals surface area contributed by atoms with Crippen LogP contribution in [0.2, 0.25) is 10.2 Å². The summed E-state index contributed by atoms with van der Waals surface area (Å²) in [7, 11) is 0. The Morgan fingerprint density at radius 2 is 2.25 bits per heavy atom. The van der Waals surface area contributed by atoms with Crippen LogP contribution < -0.4 is 0 Å². The van der Waals surface area contributed by atoms with Gasteiger partial charge in [-0.3, -0.25) is 4.79 Å². The molecule has 0 saturated carbocycles. The van der Waals surface area contributed by atoms with Gasteiger partial charge in [0.25, 0.3) is 0 Å². The molecule has 5 heteroatoms. The summed E-state index contributed by atoms with van der Waals surface area (Å²) in [6.07, 6.45) is 4.49. The summed E-state index contributed by atoms with van der Waals surface area (Å²) in [5.41, 5.74) is 0.345. The Bertz CT molecular complexity index is 507. The Kier molecular flexibility index (Phi) is 3.17. The van der Waals surface area contributed by atoms with Crippen molar-refractivity contribution in [2.75, 3.05) is 0 Å². The number of allylic oxidation sites excluding steroid dienone is 1. The Morgan fingerprint density at radius 1 is 1.44 bits per heavy atom. The Labute approximate surface area is 102 Å². The number of rotatable bonds is 3. The lowest BCUT2D eigenvalue weighted by atomic mass is 10.2. The molecule has 0 bridgehead atoms. The van der Waals surface area contributed by atoms with Crippen LogP contribution in [-0.2, 0) is 0 Å². The van der Waals surface area contributed by atoms with E-state index in [1.165, 1.54) is 18.4 Å². The van der Waals surface area contributed by atoms with Crippen molar-refractivity contribution in [3.8, 4) is 0 Å². The molecule has 2 heterocycles. The zero-order valence-corrected chi connectivity index (χ0v) is 9.55. The second-order valence-electron chi connectivity index (χ2n) is 3.06. The number of nitrogens with one attached hydrogen (secondary N) is 1. The van der Waals surface area contributed by atoms with Gasteiger partial charge in [-0.15, -0.1) is 0 Å². The smallest absolute Gasteiger partial charge is 0.202 e. The van der Waals surface area contributed by atoms with E-state index in [-0.39, 0.29) is 10.9 Å². The first kappa shape index (κ1) is 11.0. The molecule has 0 amide bonds. The largest absolute Gasteiger partial charge is 0.465 e. The van der Waals surface area contributed by atoms with Gasteiger partial charge in [-0.05, 0) is 30.4 Å². The third kappa shape index (κ3) is 2.38. The van der Waals surface area contributed by atoms with E-state index in [1.807, 2.05) is 0 Å². The first-order valence-corrected chi connectivity index (χ1v) is 5.22. The summed E-state index contributed by atoms with van der Waals surface area (Å²) >= 11 is 11.4. The highest BCUT2D eigenvalue weighted by atomic mass is 35.5. The highest BCUT2D eigenvalue weighted by molar-refractivity contribution is 6.41. The van der Waals surface area contributed by atoms with Crippen LogP contribution in [0.3, 0.4) is 0 Å². The molecule has 3 nitrogen and oxygen atoms in total. The van der Waals surface area contributed by atoms with Crippen molar-refractivity contribution in [3.63, 3.8) is 0 Å². The van der Waals surface area contributed by atoms with Crippen molar-refractivity contribution in [2.45, 2.75) is 0 Å². The molecule has 0 unspecified atom stereocenters. The number of halogens is 2. The highest BCUT2D eigenvalue weighted by Gasteiger charge is 2.08. The third-order valence-corrected chi connectivity index (χ3v) is 2.63. The van der Waals surface area contributed by atoms with Gasteiger partial charge in [0.2, 0.25) is 5.78 Å². The van der Waals surface area contributed by atoms with E-state index in [1.54, 1.807) is 18.2 Å². The number of furan rings is 1. The molecule has 1 N–H and O–H groups in total. The SMILES string of the molecule is O=C(/C=C/c1ccco1)c1cc(Cl)c(Cl)[nH]1. The number of carbonyl (C=O) groups is 1. The summed E-state index contributed by atoms with van der Waals surface area (Å²) < 4.78 is 5.05. The first-order valence-electron chi connectivity index (χ1n) is 4.47. The Morgan fingerprint density at radius 3 is 2.81 bits per heavy atom. The van der Waals surface area contributed by atoms with Crippen LogP contribution in [0.5, 0.6) is 0 Å². The van der Waals surface area contributed by atoms with Crippen molar-refractivity contribution in [1.29, 1.82) is 0 Å². The number of carbonyl (C=O) groups excluding carboxylic acids is 1. The minimum atomic E-state index is -0.217. The maximum atomic E-state index is 11.6. The second kappa shape index (κ2) is 4.60. The van der Waals surface area contributed by atoms with Crippen LogP contribution in [0.1, 0.15) is 16.2 Å². The first-order chi connectivity index (χ1) is 7.66. The standard InChI is InChI=1S/C11H7Cl2NO2/c12-8-6-9(14-11(8)13)10(15)4-3-7-2-1-5-16-7/h1-6,14H/b4-3+. The number of aromatic nitrogens is 1. The fourth-order valence-electron chi connectivity index (χ4n) is 1.17. The van der Waals surface area contributed by atoms with Crippen LogP contribution in [0.15, 0.2) is 35.0 Å². The molecule has 2 rings (SSSR count). The molecule has 2 aromatic heterocycles. The molecular formula is C11H7Cl2NO2. The summed E-state index contributed by atoms with van der Waals surface area (Å²) in [6, 6.07) is 4.98. The van der Waals surface area contributed by atoms with Crippen molar-refractivity contribution in [2.24, 2.45) is 0 Å². The maximum Gasteiger partial charge on any atom is 0.202 e. The molecule has 0 aromatic carbocycles. The maximum absolute atomic E-state index is 11.6. The number of H-pyrrole nitrogens is 1. The van der Waals surface area contributed by atoms with Gasteiger partial charge in [-0.1, -0.05) is 23.2 Å². The van der Waals surface area contributed by atoms with Crippen molar-refractivity contribution in [1.82, 2.24) is 4.98 Å². The molecule has 0 saturated heterocycles. The van der Waals surface area contributed by atoms with Crippen LogP contribution in [0.25, 0.3) is 6.08 Å². The molecule has 0 spiro atoms. The average molecular weight is 256 g/mol. The molecule has 0 aliphatic heterocycles. The number of aromatic amines is 1. The number of ketones is 1. The second-order valence-corrected chi connectivity index (χ2v) is 3.84. The van der Waals surface area contributed by atoms with Crippen LogP contribution >= 0.6 is 23.2 Å². The molecule has 0 atom stereocenters. The van der Waals surface area contributed by atoms with E-state index in [2.05, 4.69) is 4.98 Å². The predicted octanol–water partition coefficient (Wildman–Crippen LogP) is 3.81. The van der Waals surface area contributed by atoms with E-state index in [9.17, 15) is 4.79 Å². The van der Waals surface area contributed by atoms with Crippen molar-refractivity contribution >= 4 is 35.1 Å². The number of hydrogen-bond donors (Lipinski definition) is 1. The van der Waals surface area contributed by atoms with Crippen LogP contribution in [0.4, 0.5) is 0 Å². The van der Waals surface area contributed by atoms with Gasteiger partial charge in [0.15, 0.2) is 0 Å². The molecule has 0 fully saturated rings. The van der Waals surface area contributed by atoms with E-state index >= 15 is 0 Å². The Hall–Kier alpha value is -1.45. The zero-order valence-electron chi connectivity index (χ0n) is 8.04. The summed E-state index contributed by atoms with van der Waals surface area (Å²) in [4.78, 5) is 14.3. The highest BCUT2D eigenvalue weighted by Crippen LogP contribution is 2.22. The third-order valence-electron chi connectivity index (χ3n) is 1.93. The monoisotopic (exact) mass is 255 g/mol. The molecular weight excluding hydrogens is 249 g/mol. The quantitative estimate of drug-likeness (QED) is 0.670. The lowest BCUT2D eigenvalue weighted by Crippen LogP contribution is -1.93. The topological polar surface area (TPSA) is 46.0 Å².